The van der Waals surface area contributed by atoms with Crippen molar-refractivity contribution in [2.45, 2.75) is 25.3 Å². The minimum Gasteiger partial charge on any atom is -0.481 e. The molecular formula is C13H16ClN3O3. The number of imidazole rings is 1. The molecule has 0 bridgehead atoms. The molecule has 6 nitrogen and oxygen atoms in total. The average Bonchev–Trinajstić information content (AvgIpc) is 2.82. The van der Waals surface area contributed by atoms with E-state index < -0.39 is 0 Å². The Kier molecular flexibility index (Phi) is 4.44. The van der Waals surface area contributed by atoms with Crippen molar-refractivity contribution >= 4 is 28.7 Å². The first-order valence-corrected chi connectivity index (χ1v) is 6.62. The molecule has 0 N–H and O–H groups in total. The molecule has 1 unspecified atom stereocenters. The lowest BCUT2D eigenvalue weighted by atomic mass is 10.4. The number of rotatable bonds is 5. The van der Waals surface area contributed by atoms with Gasteiger partial charge in [0.1, 0.15) is 11.3 Å². The van der Waals surface area contributed by atoms with Crippen molar-refractivity contribution < 1.29 is 14.3 Å². The largest absolute Gasteiger partial charge is 0.481 e. The second kappa shape index (κ2) is 6.09. The third-order valence-corrected chi connectivity index (χ3v) is 3.12. The Labute approximate surface area is 121 Å². The molecule has 0 aliphatic heterocycles. The van der Waals surface area contributed by atoms with Crippen molar-refractivity contribution in [2.75, 3.05) is 14.2 Å². The minimum absolute atomic E-state index is 0.234. The van der Waals surface area contributed by atoms with Gasteiger partial charge in [0.2, 0.25) is 5.88 Å². The van der Waals surface area contributed by atoms with Crippen molar-refractivity contribution in [1.29, 1.82) is 0 Å². The summed E-state index contributed by atoms with van der Waals surface area (Å²) in [5, 5.41) is -0.284. The minimum atomic E-state index is -0.289. The Bertz CT molecular complexity index is 625. The molecule has 0 radical (unpaired) electrons. The molecular weight excluding hydrogens is 282 g/mol. The Balaban J connectivity index is 2.45. The van der Waals surface area contributed by atoms with Crippen LogP contribution < -0.4 is 4.74 Å². The lowest BCUT2D eigenvalue weighted by Gasteiger charge is -2.09. The molecule has 0 aliphatic carbocycles. The number of pyridine rings is 1. The smallest absolute Gasteiger partial charge is 0.307 e. The summed E-state index contributed by atoms with van der Waals surface area (Å²) in [6.45, 7) is 2.24. The highest BCUT2D eigenvalue weighted by Gasteiger charge is 2.17. The van der Waals surface area contributed by atoms with Crippen molar-refractivity contribution in [3.05, 3.63) is 18.0 Å². The lowest BCUT2D eigenvalue weighted by Crippen LogP contribution is -2.10. The molecule has 0 amide bonds. The van der Waals surface area contributed by atoms with Gasteiger partial charge in [-0.2, -0.15) is 4.98 Å². The number of methoxy groups -OCH3 is 2. The van der Waals surface area contributed by atoms with Crippen LogP contribution in [0.4, 0.5) is 0 Å². The third kappa shape index (κ3) is 2.85. The Morgan fingerprint density at radius 1 is 1.40 bits per heavy atom. The van der Waals surface area contributed by atoms with E-state index in [9.17, 15) is 4.79 Å². The van der Waals surface area contributed by atoms with Gasteiger partial charge in [-0.1, -0.05) is 0 Å². The fraction of sp³-hybridized carbons (Fsp3) is 0.462. The highest BCUT2D eigenvalue weighted by atomic mass is 35.5. The van der Waals surface area contributed by atoms with E-state index in [2.05, 4.69) is 14.7 Å². The highest BCUT2D eigenvalue weighted by molar-refractivity contribution is 6.20. The van der Waals surface area contributed by atoms with Crippen molar-refractivity contribution in [3.63, 3.8) is 0 Å². The van der Waals surface area contributed by atoms with Gasteiger partial charge in [-0.05, 0) is 13.0 Å². The normalized spacial score (nSPS) is 12.4. The molecule has 0 fully saturated rings. The summed E-state index contributed by atoms with van der Waals surface area (Å²) in [6, 6.07) is 3.56. The molecule has 1 atom stereocenters. The zero-order valence-corrected chi connectivity index (χ0v) is 12.3. The maximum atomic E-state index is 11.3. The third-order valence-electron chi connectivity index (χ3n) is 2.93. The SMILES string of the molecule is COC(=O)CCn1c(C(C)Cl)nc2ccc(OC)nc21. The molecule has 0 spiro atoms. The first-order chi connectivity index (χ1) is 9.56. The summed E-state index contributed by atoms with van der Waals surface area (Å²) in [6.07, 6.45) is 0.234. The zero-order chi connectivity index (χ0) is 14.7. The summed E-state index contributed by atoms with van der Waals surface area (Å²) >= 11 is 6.14. The lowest BCUT2D eigenvalue weighted by molar-refractivity contribution is -0.140. The van der Waals surface area contributed by atoms with Crippen molar-refractivity contribution in [2.24, 2.45) is 0 Å². The van der Waals surface area contributed by atoms with Gasteiger partial charge in [0.05, 0.1) is 26.0 Å². The molecule has 0 saturated heterocycles. The number of aryl methyl sites for hydroxylation is 1. The Morgan fingerprint density at radius 3 is 2.75 bits per heavy atom. The highest BCUT2D eigenvalue weighted by Crippen LogP contribution is 2.25. The van der Waals surface area contributed by atoms with Crippen LogP contribution in [0.25, 0.3) is 11.2 Å². The number of fused-ring (bicyclic) bond motifs is 1. The molecule has 2 aromatic rings. The number of aromatic nitrogens is 3. The van der Waals surface area contributed by atoms with Gasteiger partial charge in [-0.25, -0.2) is 4.98 Å². The maximum Gasteiger partial charge on any atom is 0.307 e. The van der Waals surface area contributed by atoms with Crippen molar-refractivity contribution in [1.82, 2.24) is 14.5 Å². The van der Waals surface area contributed by atoms with E-state index in [4.69, 9.17) is 16.3 Å². The molecule has 2 aromatic heterocycles. The van der Waals surface area contributed by atoms with E-state index in [1.165, 1.54) is 7.11 Å². The fourth-order valence-corrected chi connectivity index (χ4v) is 2.11. The molecule has 2 rings (SSSR count). The first-order valence-electron chi connectivity index (χ1n) is 6.19. The van der Waals surface area contributed by atoms with E-state index in [-0.39, 0.29) is 17.8 Å². The van der Waals surface area contributed by atoms with Crippen LogP contribution >= 0.6 is 11.6 Å². The van der Waals surface area contributed by atoms with Gasteiger partial charge >= 0.3 is 5.97 Å². The quantitative estimate of drug-likeness (QED) is 0.626. The topological polar surface area (TPSA) is 66.2 Å². The monoisotopic (exact) mass is 297 g/mol. The molecule has 2 heterocycles. The van der Waals surface area contributed by atoms with Gasteiger partial charge in [-0.15, -0.1) is 11.6 Å². The van der Waals surface area contributed by atoms with Gasteiger partial charge < -0.3 is 14.0 Å². The first kappa shape index (κ1) is 14.6. The number of esters is 1. The predicted molar refractivity (Wildman–Crippen MR) is 75.0 cm³/mol. The number of halogens is 1. The molecule has 0 saturated carbocycles. The fourth-order valence-electron chi connectivity index (χ4n) is 1.94. The number of ether oxygens (including phenoxy) is 2. The summed E-state index contributed by atoms with van der Waals surface area (Å²) < 4.78 is 11.6. The van der Waals surface area contributed by atoms with Crippen LogP contribution in [0, 0.1) is 0 Å². The van der Waals surface area contributed by atoms with Crippen LogP contribution in [-0.2, 0) is 16.1 Å². The number of hydrogen-bond donors (Lipinski definition) is 0. The van der Waals surface area contributed by atoms with E-state index in [0.717, 1.165) is 5.52 Å². The average molecular weight is 298 g/mol. The van der Waals surface area contributed by atoms with Gasteiger partial charge in [0, 0.05) is 12.6 Å². The van der Waals surface area contributed by atoms with Crippen LogP contribution in [0.1, 0.15) is 24.5 Å². The molecule has 7 heteroatoms. The van der Waals surface area contributed by atoms with E-state index in [1.807, 2.05) is 17.6 Å². The second-order valence-electron chi connectivity index (χ2n) is 4.26. The van der Waals surface area contributed by atoms with Crippen LogP contribution in [-0.4, -0.2) is 34.7 Å². The Morgan fingerprint density at radius 2 is 2.15 bits per heavy atom. The molecule has 108 valence electrons. The van der Waals surface area contributed by atoms with Crippen LogP contribution in [0.2, 0.25) is 0 Å². The predicted octanol–water partition coefficient (Wildman–Crippen LogP) is 2.30. The maximum absolute atomic E-state index is 11.3. The van der Waals surface area contributed by atoms with E-state index >= 15 is 0 Å². The summed E-state index contributed by atoms with van der Waals surface area (Å²) in [4.78, 5) is 20.1. The van der Waals surface area contributed by atoms with Gasteiger partial charge in [0.15, 0.2) is 5.65 Å². The van der Waals surface area contributed by atoms with Crippen LogP contribution in [0.15, 0.2) is 12.1 Å². The second-order valence-corrected chi connectivity index (χ2v) is 4.91. The van der Waals surface area contributed by atoms with Gasteiger partial charge in [-0.3, -0.25) is 4.79 Å². The number of carbonyl (C=O) groups is 1. The van der Waals surface area contributed by atoms with Gasteiger partial charge in [0.25, 0.3) is 0 Å². The Hall–Kier alpha value is -1.82. The molecule has 0 aliphatic rings. The van der Waals surface area contributed by atoms with Crippen molar-refractivity contribution in [3.8, 4) is 5.88 Å². The van der Waals surface area contributed by atoms with E-state index in [1.54, 1.807) is 13.2 Å². The summed E-state index contributed by atoms with van der Waals surface area (Å²) in [5.41, 5.74) is 1.37. The number of alkyl halides is 1. The summed E-state index contributed by atoms with van der Waals surface area (Å²) in [5.74, 6) is 0.875. The molecule has 20 heavy (non-hydrogen) atoms. The van der Waals surface area contributed by atoms with Crippen LogP contribution in [0.5, 0.6) is 5.88 Å². The number of hydrogen-bond acceptors (Lipinski definition) is 5. The zero-order valence-electron chi connectivity index (χ0n) is 11.6. The standard InChI is InChI=1S/C13H16ClN3O3/c1-8(14)12-15-9-4-5-10(19-2)16-13(9)17(12)7-6-11(18)20-3/h4-5,8H,6-7H2,1-3H3. The number of carbonyl (C=O) groups excluding carboxylic acids is 1. The number of nitrogens with zero attached hydrogens (tertiary/aromatic N) is 3. The van der Waals surface area contributed by atoms with Crippen LogP contribution in [0.3, 0.4) is 0 Å². The molecule has 0 aromatic carbocycles. The summed E-state index contributed by atoms with van der Waals surface area (Å²) in [7, 11) is 2.91. The van der Waals surface area contributed by atoms with E-state index in [0.29, 0.717) is 23.9 Å².